The van der Waals surface area contributed by atoms with E-state index in [2.05, 4.69) is 24.5 Å². The van der Waals surface area contributed by atoms with Gasteiger partial charge in [-0.3, -0.25) is 4.79 Å². The number of nitrogens with zero attached hydrogens (tertiary/aromatic N) is 6. The second-order valence-electron chi connectivity index (χ2n) is 4.52. The maximum atomic E-state index is 12.3. The van der Waals surface area contributed by atoms with Gasteiger partial charge in [0.2, 0.25) is 5.95 Å². The Bertz CT molecular complexity index is 593. The predicted octanol–water partition coefficient (Wildman–Crippen LogP) is 0.599. The van der Waals surface area contributed by atoms with Crippen LogP contribution in [0.25, 0.3) is 0 Å². The van der Waals surface area contributed by atoms with Gasteiger partial charge in [-0.2, -0.15) is 0 Å². The molecule has 1 amide bonds. The van der Waals surface area contributed by atoms with Crippen molar-refractivity contribution in [1.82, 2.24) is 24.5 Å². The molecule has 3 rings (SSSR count). The van der Waals surface area contributed by atoms with E-state index in [4.69, 9.17) is 0 Å². The number of aromatic nitrogens is 4. The van der Waals surface area contributed by atoms with Crippen LogP contribution in [0.4, 0.5) is 5.95 Å². The highest BCUT2D eigenvalue weighted by atomic mass is 32.1. The number of rotatable bonds is 2. The fourth-order valence-electron chi connectivity index (χ4n) is 2.14. The Labute approximate surface area is 120 Å². The van der Waals surface area contributed by atoms with Crippen LogP contribution in [-0.4, -0.2) is 56.5 Å². The van der Waals surface area contributed by atoms with Gasteiger partial charge in [-0.15, -0.1) is 5.10 Å². The lowest BCUT2D eigenvalue weighted by molar-refractivity contribution is 0.0750. The van der Waals surface area contributed by atoms with Crippen LogP contribution in [0.1, 0.15) is 15.4 Å². The molecule has 1 aliphatic heterocycles. The summed E-state index contributed by atoms with van der Waals surface area (Å²) >= 11 is 1.16. The predicted molar refractivity (Wildman–Crippen MR) is 74.8 cm³/mol. The van der Waals surface area contributed by atoms with Crippen molar-refractivity contribution in [2.45, 2.75) is 6.92 Å². The Balaban J connectivity index is 1.64. The molecule has 0 atom stereocenters. The summed E-state index contributed by atoms with van der Waals surface area (Å²) in [7, 11) is 0. The molecule has 0 spiro atoms. The first-order valence-electron chi connectivity index (χ1n) is 6.36. The van der Waals surface area contributed by atoms with Crippen LogP contribution in [0.5, 0.6) is 0 Å². The number of piperazine rings is 1. The van der Waals surface area contributed by atoms with Crippen molar-refractivity contribution in [3.63, 3.8) is 0 Å². The van der Waals surface area contributed by atoms with E-state index in [-0.39, 0.29) is 5.91 Å². The lowest BCUT2D eigenvalue weighted by atomic mass is 10.3. The average Bonchev–Trinajstić information content (AvgIpc) is 2.94. The number of carbonyl (C=O) groups is 1. The molecular formula is C12H14N6OS. The molecule has 2 aromatic heterocycles. The minimum absolute atomic E-state index is 0.0196. The standard InChI is InChI=1S/C12H14N6OS/c1-9-10(20-16-15-9)11(19)17-5-7-18(8-6-17)12-13-3-2-4-14-12/h2-4H,5-8H2,1H3. The highest BCUT2D eigenvalue weighted by molar-refractivity contribution is 7.07. The fourth-order valence-corrected chi connectivity index (χ4v) is 2.76. The van der Waals surface area contributed by atoms with Crippen LogP contribution >= 0.6 is 11.5 Å². The molecule has 1 aliphatic rings. The summed E-state index contributed by atoms with van der Waals surface area (Å²) in [5.74, 6) is 0.737. The van der Waals surface area contributed by atoms with Gasteiger partial charge < -0.3 is 9.80 Å². The fraction of sp³-hybridized carbons (Fsp3) is 0.417. The van der Waals surface area contributed by atoms with Gasteiger partial charge in [-0.25, -0.2) is 9.97 Å². The molecule has 0 aromatic carbocycles. The summed E-state index contributed by atoms with van der Waals surface area (Å²) < 4.78 is 3.81. The summed E-state index contributed by atoms with van der Waals surface area (Å²) in [6.45, 7) is 4.61. The Morgan fingerprint density at radius 3 is 2.50 bits per heavy atom. The summed E-state index contributed by atoms with van der Waals surface area (Å²) in [6, 6.07) is 1.79. The molecule has 0 N–H and O–H groups in total. The molecule has 0 saturated carbocycles. The molecule has 0 radical (unpaired) electrons. The first kappa shape index (κ1) is 12.9. The molecule has 0 aliphatic carbocycles. The molecule has 2 aromatic rings. The van der Waals surface area contributed by atoms with E-state index >= 15 is 0 Å². The maximum Gasteiger partial charge on any atom is 0.267 e. The second kappa shape index (κ2) is 5.49. The zero-order valence-corrected chi connectivity index (χ0v) is 11.9. The normalized spacial score (nSPS) is 15.4. The van der Waals surface area contributed by atoms with Crippen LogP contribution in [0, 0.1) is 6.92 Å². The van der Waals surface area contributed by atoms with E-state index in [0.29, 0.717) is 23.7 Å². The van der Waals surface area contributed by atoms with Gasteiger partial charge in [0.1, 0.15) is 4.88 Å². The minimum atomic E-state index is 0.0196. The third-order valence-electron chi connectivity index (χ3n) is 3.25. The molecule has 0 bridgehead atoms. The van der Waals surface area contributed by atoms with E-state index in [1.165, 1.54) is 0 Å². The number of anilines is 1. The topological polar surface area (TPSA) is 75.1 Å². The van der Waals surface area contributed by atoms with Crippen molar-refractivity contribution in [2.24, 2.45) is 0 Å². The van der Waals surface area contributed by atoms with Crippen LogP contribution in [0.3, 0.4) is 0 Å². The number of amides is 1. The number of hydrogen-bond donors (Lipinski definition) is 0. The molecule has 3 heterocycles. The van der Waals surface area contributed by atoms with Gasteiger partial charge in [-0.05, 0) is 24.5 Å². The quantitative estimate of drug-likeness (QED) is 0.806. The summed E-state index contributed by atoms with van der Waals surface area (Å²) in [5, 5.41) is 3.89. The van der Waals surface area contributed by atoms with Gasteiger partial charge in [0, 0.05) is 38.6 Å². The molecule has 8 heteroatoms. The molecule has 20 heavy (non-hydrogen) atoms. The first-order chi connectivity index (χ1) is 9.75. The third kappa shape index (κ3) is 2.46. The van der Waals surface area contributed by atoms with Crippen molar-refractivity contribution in [3.05, 3.63) is 29.0 Å². The molecule has 1 fully saturated rings. The Morgan fingerprint density at radius 1 is 1.20 bits per heavy atom. The highest BCUT2D eigenvalue weighted by Crippen LogP contribution is 2.16. The zero-order valence-electron chi connectivity index (χ0n) is 11.1. The van der Waals surface area contributed by atoms with Gasteiger partial charge >= 0.3 is 0 Å². The van der Waals surface area contributed by atoms with E-state index < -0.39 is 0 Å². The first-order valence-corrected chi connectivity index (χ1v) is 7.13. The van der Waals surface area contributed by atoms with Crippen molar-refractivity contribution < 1.29 is 4.79 Å². The minimum Gasteiger partial charge on any atom is -0.337 e. The number of aryl methyl sites for hydroxylation is 1. The number of carbonyl (C=O) groups excluding carboxylic acids is 1. The molecule has 0 unspecified atom stereocenters. The van der Waals surface area contributed by atoms with Gasteiger partial charge in [-0.1, -0.05) is 4.49 Å². The van der Waals surface area contributed by atoms with E-state index in [1.54, 1.807) is 18.5 Å². The van der Waals surface area contributed by atoms with Crippen molar-refractivity contribution >= 4 is 23.4 Å². The highest BCUT2D eigenvalue weighted by Gasteiger charge is 2.25. The molecule has 104 valence electrons. The third-order valence-corrected chi connectivity index (χ3v) is 4.06. The van der Waals surface area contributed by atoms with Gasteiger partial charge in [0.05, 0.1) is 5.69 Å². The SMILES string of the molecule is Cc1nnsc1C(=O)N1CCN(c2ncccn2)CC1. The molecule has 1 saturated heterocycles. The largest absolute Gasteiger partial charge is 0.337 e. The van der Waals surface area contributed by atoms with Crippen molar-refractivity contribution in [1.29, 1.82) is 0 Å². The van der Waals surface area contributed by atoms with Crippen molar-refractivity contribution in [2.75, 3.05) is 31.1 Å². The van der Waals surface area contributed by atoms with Crippen LogP contribution < -0.4 is 4.90 Å². The maximum absolute atomic E-state index is 12.3. The molecule has 7 nitrogen and oxygen atoms in total. The summed E-state index contributed by atoms with van der Waals surface area (Å²) in [6.07, 6.45) is 3.46. The van der Waals surface area contributed by atoms with Crippen molar-refractivity contribution in [3.8, 4) is 0 Å². The Morgan fingerprint density at radius 2 is 1.90 bits per heavy atom. The monoisotopic (exact) mass is 290 g/mol. The summed E-state index contributed by atoms with van der Waals surface area (Å²) in [5.41, 5.74) is 0.703. The Kier molecular flexibility index (Phi) is 3.55. The van der Waals surface area contributed by atoms with E-state index in [1.807, 2.05) is 11.8 Å². The van der Waals surface area contributed by atoms with E-state index in [0.717, 1.165) is 30.6 Å². The molecular weight excluding hydrogens is 276 g/mol. The van der Waals surface area contributed by atoms with E-state index in [9.17, 15) is 4.79 Å². The van der Waals surface area contributed by atoms with Gasteiger partial charge in [0.15, 0.2) is 0 Å². The number of hydrogen-bond acceptors (Lipinski definition) is 7. The lowest BCUT2D eigenvalue weighted by Gasteiger charge is -2.34. The van der Waals surface area contributed by atoms with Crippen LogP contribution in [0.15, 0.2) is 18.5 Å². The van der Waals surface area contributed by atoms with Gasteiger partial charge in [0.25, 0.3) is 5.91 Å². The Hall–Kier alpha value is -2.09. The second-order valence-corrected chi connectivity index (χ2v) is 5.27. The smallest absolute Gasteiger partial charge is 0.267 e. The lowest BCUT2D eigenvalue weighted by Crippen LogP contribution is -2.49. The zero-order chi connectivity index (χ0) is 13.9. The average molecular weight is 290 g/mol. The summed E-state index contributed by atoms with van der Waals surface area (Å²) in [4.78, 5) is 25.3. The van der Waals surface area contributed by atoms with Crippen LogP contribution in [0.2, 0.25) is 0 Å². The van der Waals surface area contributed by atoms with Crippen LogP contribution in [-0.2, 0) is 0 Å².